The number of carbonyl (C=O) groups is 1. The summed E-state index contributed by atoms with van der Waals surface area (Å²) in [5, 5.41) is 7.81. The standard InChI is InChI=1S/C16H18N2O5S/c1-10-6-11(8-13(7-10)24(17,20)21)16(19)18-14-5-4-12(22-2)9-15(14)23-3/h4-9H,1-3H3,(H,18,19)(H2,17,20,21). The van der Waals surface area contributed by atoms with Crippen LogP contribution in [-0.2, 0) is 10.0 Å². The molecule has 128 valence electrons. The Labute approximate surface area is 140 Å². The molecule has 24 heavy (non-hydrogen) atoms. The molecule has 7 nitrogen and oxygen atoms in total. The highest BCUT2D eigenvalue weighted by Crippen LogP contribution is 2.29. The number of sulfonamides is 1. The Bertz CT molecular complexity index is 878. The van der Waals surface area contributed by atoms with Crippen molar-refractivity contribution < 1.29 is 22.7 Å². The molecule has 0 unspecified atom stereocenters. The molecule has 0 heterocycles. The molecule has 0 spiro atoms. The molecular formula is C16H18N2O5S. The van der Waals surface area contributed by atoms with Gasteiger partial charge in [0.05, 0.1) is 24.8 Å². The summed E-state index contributed by atoms with van der Waals surface area (Å²) in [5.41, 5.74) is 1.22. The van der Waals surface area contributed by atoms with Crippen LogP contribution in [0, 0.1) is 6.92 Å². The highest BCUT2D eigenvalue weighted by molar-refractivity contribution is 7.89. The number of anilines is 1. The van der Waals surface area contributed by atoms with Gasteiger partial charge in [0.2, 0.25) is 10.0 Å². The summed E-state index contributed by atoms with van der Waals surface area (Å²) in [4.78, 5) is 12.3. The van der Waals surface area contributed by atoms with Crippen LogP contribution in [0.25, 0.3) is 0 Å². The number of methoxy groups -OCH3 is 2. The van der Waals surface area contributed by atoms with Crippen molar-refractivity contribution in [2.24, 2.45) is 5.14 Å². The number of ether oxygens (including phenoxy) is 2. The quantitative estimate of drug-likeness (QED) is 0.856. The smallest absolute Gasteiger partial charge is 0.255 e. The molecule has 2 aromatic rings. The average molecular weight is 350 g/mol. The van der Waals surface area contributed by atoms with Crippen molar-refractivity contribution >= 4 is 21.6 Å². The van der Waals surface area contributed by atoms with Gasteiger partial charge in [-0.3, -0.25) is 4.79 Å². The fourth-order valence-electron chi connectivity index (χ4n) is 2.14. The number of hydrogen-bond donors (Lipinski definition) is 2. The van der Waals surface area contributed by atoms with Gasteiger partial charge >= 0.3 is 0 Å². The van der Waals surface area contributed by atoms with E-state index in [1.54, 1.807) is 31.2 Å². The molecule has 0 aliphatic heterocycles. The number of benzene rings is 2. The Hall–Kier alpha value is -2.58. The van der Waals surface area contributed by atoms with E-state index in [1.807, 2.05) is 0 Å². The first-order chi connectivity index (χ1) is 11.2. The Morgan fingerprint density at radius 3 is 2.38 bits per heavy atom. The summed E-state index contributed by atoms with van der Waals surface area (Å²) in [5.74, 6) is 0.519. The van der Waals surface area contributed by atoms with E-state index in [-0.39, 0.29) is 10.5 Å². The number of hydrogen-bond acceptors (Lipinski definition) is 5. The van der Waals surface area contributed by atoms with E-state index in [0.29, 0.717) is 22.7 Å². The molecule has 2 rings (SSSR count). The first-order valence-electron chi connectivity index (χ1n) is 6.92. The van der Waals surface area contributed by atoms with Crippen LogP contribution in [0.3, 0.4) is 0 Å². The molecule has 0 aliphatic carbocycles. The molecule has 2 aromatic carbocycles. The van der Waals surface area contributed by atoms with Crippen LogP contribution in [0.2, 0.25) is 0 Å². The normalized spacial score (nSPS) is 11.0. The minimum atomic E-state index is -3.90. The molecular weight excluding hydrogens is 332 g/mol. The fraction of sp³-hybridized carbons (Fsp3) is 0.188. The second-order valence-corrected chi connectivity index (χ2v) is 6.66. The zero-order valence-corrected chi connectivity index (χ0v) is 14.3. The van der Waals surface area contributed by atoms with Crippen LogP contribution in [0.5, 0.6) is 11.5 Å². The van der Waals surface area contributed by atoms with E-state index >= 15 is 0 Å². The van der Waals surface area contributed by atoms with Gasteiger partial charge in [0.25, 0.3) is 5.91 Å². The van der Waals surface area contributed by atoms with Crippen LogP contribution in [0.4, 0.5) is 5.69 Å². The Morgan fingerprint density at radius 1 is 1.08 bits per heavy atom. The van der Waals surface area contributed by atoms with Gasteiger partial charge in [-0.05, 0) is 42.8 Å². The molecule has 0 saturated carbocycles. The number of carbonyl (C=O) groups excluding carboxylic acids is 1. The van der Waals surface area contributed by atoms with Gasteiger partial charge in [0.1, 0.15) is 11.5 Å². The number of primary sulfonamides is 1. The molecule has 0 radical (unpaired) electrons. The Kier molecular flexibility index (Phi) is 5.10. The van der Waals surface area contributed by atoms with Crippen molar-refractivity contribution in [3.05, 3.63) is 47.5 Å². The maximum absolute atomic E-state index is 12.4. The molecule has 8 heteroatoms. The average Bonchev–Trinajstić information content (AvgIpc) is 2.53. The van der Waals surface area contributed by atoms with E-state index in [2.05, 4.69) is 5.32 Å². The summed E-state index contributed by atoms with van der Waals surface area (Å²) in [6, 6.07) is 9.13. The second kappa shape index (κ2) is 6.90. The van der Waals surface area contributed by atoms with Crippen molar-refractivity contribution in [2.45, 2.75) is 11.8 Å². The lowest BCUT2D eigenvalue weighted by Crippen LogP contribution is -2.16. The monoisotopic (exact) mass is 350 g/mol. The van der Waals surface area contributed by atoms with Crippen LogP contribution < -0.4 is 19.9 Å². The number of rotatable bonds is 5. The van der Waals surface area contributed by atoms with Gasteiger partial charge in [0, 0.05) is 11.6 Å². The lowest BCUT2D eigenvalue weighted by molar-refractivity contribution is 0.102. The lowest BCUT2D eigenvalue weighted by Gasteiger charge is -2.12. The van der Waals surface area contributed by atoms with E-state index in [9.17, 15) is 13.2 Å². The van der Waals surface area contributed by atoms with Gasteiger partial charge in [-0.25, -0.2) is 13.6 Å². The van der Waals surface area contributed by atoms with Crippen molar-refractivity contribution in [3.63, 3.8) is 0 Å². The largest absolute Gasteiger partial charge is 0.497 e. The van der Waals surface area contributed by atoms with Gasteiger partial charge in [0.15, 0.2) is 0 Å². The topological polar surface area (TPSA) is 108 Å². The Morgan fingerprint density at radius 2 is 1.79 bits per heavy atom. The van der Waals surface area contributed by atoms with Gasteiger partial charge in [-0.1, -0.05) is 0 Å². The molecule has 0 aliphatic rings. The second-order valence-electron chi connectivity index (χ2n) is 5.10. The highest BCUT2D eigenvalue weighted by atomic mass is 32.2. The molecule has 0 saturated heterocycles. The van der Waals surface area contributed by atoms with Crippen molar-refractivity contribution in [1.82, 2.24) is 0 Å². The predicted molar refractivity (Wildman–Crippen MR) is 90.1 cm³/mol. The van der Waals surface area contributed by atoms with E-state index in [4.69, 9.17) is 14.6 Å². The first-order valence-corrected chi connectivity index (χ1v) is 8.47. The van der Waals surface area contributed by atoms with Gasteiger partial charge < -0.3 is 14.8 Å². The lowest BCUT2D eigenvalue weighted by atomic mass is 10.1. The summed E-state index contributed by atoms with van der Waals surface area (Å²) in [6.45, 7) is 1.68. The molecule has 3 N–H and O–H groups in total. The Balaban J connectivity index is 2.36. The summed E-state index contributed by atoms with van der Waals surface area (Å²) < 4.78 is 33.3. The number of amides is 1. The van der Waals surface area contributed by atoms with Crippen LogP contribution in [0.1, 0.15) is 15.9 Å². The SMILES string of the molecule is COc1ccc(NC(=O)c2cc(C)cc(S(N)(=O)=O)c2)c(OC)c1. The molecule has 0 aromatic heterocycles. The molecule has 0 atom stereocenters. The zero-order chi connectivity index (χ0) is 17.9. The zero-order valence-electron chi connectivity index (χ0n) is 13.5. The molecule has 0 bridgehead atoms. The third-order valence-electron chi connectivity index (χ3n) is 3.30. The minimum absolute atomic E-state index is 0.116. The molecule has 1 amide bonds. The predicted octanol–water partition coefficient (Wildman–Crippen LogP) is 1.91. The van der Waals surface area contributed by atoms with E-state index in [0.717, 1.165) is 0 Å². The highest BCUT2D eigenvalue weighted by Gasteiger charge is 2.15. The van der Waals surface area contributed by atoms with E-state index in [1.165, 1.54) is 26.4 Å². The fourth-order valence-corrected chi connectivity index (χ4v) is 2.78. The van der Waals surface area contributed by atoms with Crippen molar-refractivity contribution in [3.8, 4) is 11.5 Å². The van der Waals surface area contributed by atoms with Crippen LogP contribution >= 0.6 is 0 Å². The maximum atomic E-state index is 12.4. The third kappa shape index (κ3) is 4.03. The number of nitrogens with two attached hydrogens (primary N) is 1. The number of aryl methyl sites for hydroxylation is 1. The van der Waals surface area contributed by atoms with Crippen molar-refractivity contribution in [1.29, 1.82) is 0 Å². The minimum Gasteiger partial charge on any atom is -0.497 e. The van der Waals surface area contributed by atoms with Gasteiger partial charge in [-0.15, -0.1) is 0 Å². The molecule has 0 fully saturated rings. The van der Waals surface area contributed by atoms with Crippen molar-refractivity contribution in [2.75, 3.05) is 19.5 Å². The van der Waals surface area contributed by atoms with Crippen LogP contribution in [-0.4, -0.2) is 28.5 Å². The summed E-state index contributed by atoms with van der Waals surface area (Å²) in [6.07, 6.45) is 0. The number of nitrogens with one attached hydrogen (secondary N) is 1. The van der Waals surface area contributed by atoms with Crippen LogP contribution in [0.15, 0.2) is 41.3 Å². The third-order valence-corrected chi connectivity index (χ3v) is 4.19. The van der Waals surface area contributed by atoms with Gasteiger partial charge in [-0.2, -0.15) is 0 Å². The van der Waals surface area contributed by atoms with E-state index < -0.39 is 15.9 Å². The first kappa shape index (κ1) is 17.8. The maximum Gasteiger partial charge on any atom is 0.255 e. The summed E-state index contributed by atoms with van der Waals surface area (Å²) >= 11 is 0. The summed E-state index contributed by atoms with van der Waals surface area (Å²) in [7, 11) is -0.906.